The fourth-order valence-electron chi connectivity index (χ4n) is 1.66. The van der Waals surface area contributed by atoms with Crippen LogP contribution in [0.25, 0.3) is 0 Å². The van der Waals surface area contributed by atoms with E-state index in [-0.39, 0.29) is 23.9 Å². The first-order valence-corrected chi connectivity index (χ1v) is 6.69. The number of hydrogen-bond acceptors (Lipinski definition) is 3. The molecule has 104 valence electrons. The number of benzene rings is 1. The second-order valence-corrected chi connectivity index (χ2v) is 5.00. The molecule has 0 aliphatic carbocycles. The highest BCUT2D eigenvalue weighted by Crippen LogP contribution is 2.23. The second-order valence-electron chi connectivity index (χ2n) is 4.16. The zero-order valence-corrected chi connectivity index (χ0v) is 11.9. The molecule has 0 radical (unpaired) electrons. The monoisotopic (exact) mass is 310 g/mol. The molecule has 2 N–H and O–H groups in total. The lowest BCUT2D eigenvalue weighted by molar-refractivity contribution is -0.116. The summed E-state index contributed by atoms with van der Waals surface area (Å²) in [5.41, 5.74) is 0.844. The highest BCUT2D eigenvalue weighted by atomic mass is 35.5. The van der Waals surface area contributed by atoms with Crippen molar-refractivity contribution in [2.45, 2.75) is 12.8 Å². The Balaban J connectivity index is 1.94. The fraction of sp³-hybridized carbons (Fsp3) is 0.143. The van der Waals surface area contributed by atoms with E-state index in [1.807, 2.05) is 0 Å². The van der Waals surface area contributed by atoms with E-state index in [2.05, 4.69) is 10.3 Å². The molecule has 6 heteroatoms. The van der Waals surface area contributed by atoms with Gasteiger partial charge in [-0.05, 0) is 36.2 Å². The van der Waals surface area contributed by atoms with Crippen molar-refractivity contribution in [3.8, 4) is 5.75 Å². The maximum Gasteiger partial charge on any atom is 0.225 e. The molecule has 0 unspecified atom stereocenters. The van der Waals surface area contributed by atoms with Gasteiger partial charge in [-0.1, -0.05) is 29.3 Å². The summed E-state index contributed by atoms with van der Waals surface area (Å²) in [5, 5.41) is 13.1. The summed E-state index contributed by atoms with van der Waals surface area (Å²) in [5.74, 6) is -0.157. The van der Waals surface area contributed by atoms with Crippen LogP contribution in [-0.2, 0) is 11.2 Å². The van der Waals surface area contributed by atoms with Crippen molar-refractivity contribution >= 4 is 34.9 Å². The van der Waals surface area contributed by atoms with Crippen molar-refractivity contribution in [1.29, 1.82) is 0 Å². The van der Waals surface area contributed by atoms with E-state index in [1.54, 1.807) is 24.3 Å². The zero-order chi connectivity index (χ0) is 14.5. The molecule has 0 saturated heterocycles. The van der Waals surface area contributed by atoms with Gasteiger partial charge in [0.2, 0.25) is 5.91 Å². The number of amides is 1. The summed E-state index contributed by atoms with van der Waals surface area (Å²) in [6, 6.07) is 8.19. The van der Waals surface area contributed by atoms with E-state index >= 15 is 0 Å². The average Bonchev–Trinajstić information content (AvgIpc) is 2.40. The quantitative estimate of drug-likeness (QED) is 0.905. The third-order valence-corrected chi connectivity index (χ3v) is 3.27. The summed E-state index contributed by atoms with van der Waals surface area (Å²) >= 11 is 11.8. The molecule has 0 saturated carbocycles. The Kier molecular flexibility index (Phi) is 4.82. The molecule has 0 aliphatic rings. The van der Waals surface area contributed by atoms with E-state index in [4.69, 9.17) is 23.2 Å². The number of nitrogens with one attached hydrogen (secondary N) is 1. The molecule has 2 rings (SSSR count). The number of nitrogens with zero attached hydrogens (tertiary/aromatic N) is 1. The first-order chi connectivity index (χ1) is 9.56. The van der Waals surface area contributed by atoms with Crippen LogP contribution in [-0.4, -0.2) is 16.0 Å². The van der Waals surface area contributed by atoms with Gasteiger partial charge in [-0.2, -0.15) is 0 Å². The fourth-order valence-corrected chi connectivity index (χ4v) is 2.16. The van der Waals surface area contributed by atoms with Crippen molar-refractivity contribution in [3.05, 3.63) is 52.1 Å². The van der Waals surface area contributed by atoms with Gasteiger partial charge in [-0.15, -0.1) is 0 Å². The number of aryl methyl sites for hydroxylation is 1. The minimum atomic E-state index is -0.245. The van der Waals surface area contributed by atoms with Gasteiger partial charge < -0.3 is 10.4 Å². The Morgan fingerprint density at radius 1 is 1.30 bits per heavy atom. The van der Waals surface area contributed by atoms with Crippen molar-refractivity contribution in [2.75, 3.05) is 5.32 Å². The number of carbonyl (C=O) groups excluding carboxylic acids is 1. The minimum absolute atomic E-state index is 0.0645. The lowest BCUT2D eigenvalue weighted by atomic mass is 10.1. The Morgan fingerprint density at radius 2 is 2.10 bits per heavy atom. The standard InChI is InChI=1S/C14H12Cl2N2O2/c15-10-5-3-9(11(16)8-10)4-6-13(20)18-14-12(19)2-1-7-17-14/h1-3,5,7-8,19H,4,6H2,(H,17,18,20). The molecule has 1 aromatic heterocycles. The van der Waals surface area contributed by atoms with Crippen LogP contribution < -0.4 is 5.32 Å². The second kappa shape index (κ2) is 6.59. The Hall–Kier alpha value is -1.78. The molecule has 0 bridgehead atoms. The van der Waals surface area contributed by atoms with Crippen molar-refractivity contribution in [2.24, 2.45) is 0 Å². The molecule has 2 aromatic rings. The van der Waals surface area contributed by atoms with E-state index in [0.29, 0.717) is 16.5 Å². The number of pyridine rings is 1. The largest absolute Gasteiger partial charge is 0.504 e. The first kappa shape index (κ1) is 14.6. The van der Waals surface area contributed by atoms with E-state index in [9.17, 15) is 9.90 Å². The van der Waals surface area contributed by atoms with Crippen LogP contribution in [0, 0.1) is 0 Å². The lowest BCUT2D eigenvalue weighted by Crippen LogP contribution is -2.13. The van der Waals surface area contributed by atoms with E-state index in [0.717, 1.165) is 5.56 Å². The van der Waals surface area contributed by atoms with Gasteiger partial charge in [0, 0.05) is 22.7 Å². The maximum atomic E-state index is 11.8. The molecule has 0 spiro atoms. The number of anilines is 1. The van der Waals surface area contributed by atoms with Crippen LogP contribution in [0.3, 0.4) is 0 Å². The predicted molar refractivity (Wildman–Crippen MR) is 79.3 cm³/mol. The number of halogens is 2. The third kappa shape index (κ3) is 3.85. The predicted octanol–water partition coefficient (Wildman–Crippen LogP) is 3.67. The van der Waals surface area contributed by atoms with Crippen molar-refractivity contribution in [3.63, 3.8) is 0 Å². The SMILES string of the molecule is O=C(CCc1ccc(Cl)cc1Cl)Nc1ncccc1O. The molecule has 0 aliphatic heterocycles. The molecule has 1 amide bonds. The average molecular weight is 311 g/mol. The van der Waals surface area contributed by atoms with E-state index in [1.165, 1.54) is 12.3 Å². The maximum absolute atomic E-state index is 11.8. The van der Waals surface area contributed by atoms with Gasteiger partial charge >= 0.3 is 0 Å². The summed E-state index contributed by atoms with van der Waals surface area (Å²) < 4.78 is 0. The van der Waals surface area contributed by atoms with Gasteiger partial charge in [-0.3, -0.25) is 4.79 Å². The first-order valence-electron chi connectivity index (χ1n) is 5.94. The lowest BCUT2D eigenvalue weighted by Gasteiger charge is -2.07. The molecule has 20 heavy (non-hydrogen) atoms. The summed E-state index contributed by atoms with van der Waals surface area (Å²) in [7, 11) is 0. The number of aromatic nitrogens is 1. The van der Waals surface area contributed by atoms with Crippen LogP contribution in [0.2, 0.25) is 10.0 Å². The molecule has 0 fully saturated rings. The van der Waals surface area contributed by atoms with Gasteiger partial charge in [0.1, 0.15) is 0 Å². The van der Waals surface area contributed by atoms with Crippen LogP contribution in [0.1, 0.15) is 12.0 Å². The molecule has 4 nitrogen and oxygen atoms in total. The molecule has 1 aromatic carbocycles. The minimum Gasteiger partial charge on any atom is -0.504 e. The molecular weight excluding hydrogens is 299 g/mol. The van der Waals surface area contributed by atoms with Gasteiger partial charge in [-0.25, -0.2) is 4.98 Å². The van der Waals surface area contributed by atoms with Crippen molar-refractivity contribution < 1.29 is 9.90 Å². The number of hydrogen-bond donors (Lipinski definition) is 2. The van der Waals surface area contributed by atoms with Crippen LogP contribution in [0.15, 0.2) is 36.5 Å². The summed E-state index contributed by atoms with van der Waals surface area (Å²) in [4.78, 5) is 15.7. The smallest absolute Gasteiger partial charge is 0.225 e. The normalized spacial score (nSPS) is 10.3. The Bertz CT molecular complexity index is 632. The Morgan fingerprint density at radius 3 is 2.80 bits per heavy atom. The third-order valence-electron chi connectivity index (χ3n) is 2.68. The number of aromatic hydroxyl groups is 1. The van der Waals surface area contributed by atoms with Gasteiger partial charge in [0.25, 0.3) is 0 Å². The topological polar surface area (TPSA) is 62.2 Å². The van der Waals surface area contributed by atoms with Crippen molar-refractivity contribution in [1.82, 2.24) is 4.98 Å². The number of rotatable bonds is 4. The number of carbonyl (C=O) groups is 1. The summed E-state index contributed by atoms with van der Waals surface area (Å²) in [6.07, 6.45) is 2.21. The molecular formula is C14H12Cl2N2O2. The van der Waals surface area contributed by atoms with Crippen LogP contribution >= 0.6 is 23.2 Å². The highest BCUT2D eigenvalue weighted by molar-refractivity contribution is 6.35. The molecule has 1 heterocycles. The zero-order valence-electron chi connectivity index (χ0n) is 10.4. The summed E-state index contributed by atoms with van der Waals surface area (Å²) in [6.45, 7) is 0. The van der Waals surface area contributed by atoms with Gasteiger partial charge in [0.15, 0.2) is 11.6 Å². The van der Waals surface area contributed by atoms with E-state index < -0.39 is 0 Å². The van der Waals surface area contributed by atoms with Crippen LogP contribution in [0.4, 0.5) is 5.82 Å². The van der Waals surface area contributed by atoms with Crippen LogP contribution in [0.5, 0.6) is 5.75 Å². The highest BCUT2D eigenvalue weighted by Gasteiger charge is 2.09. The Labute approximate surface area is 126 Å². The van der Waals surface area contributed by atoms with Gasteiger partial charge in [0.05, 0.1) is 0 Å². The molecule has 0 atom stereocenters.